The first-order chi connectivity index (χ1) is 8.19. The summed E-state index contributed by atoms with van der Waals surface area (Å²) in [6.45, 7) is 4.57. The highest BCUT2D eigenvalue weighted by atomic mass is 35.5. The van der Waals surface area contributed by atoms with Crippen LogP contribution in [0, 0.1) is 5.92 Å². The summed E-state index contributed by atoms with van der Waals surface area (Å²) in [7, 11) is 0. The van der Waals surface area contributed by atoms with Crippen molar-refractivity contribution in [3.05, 3.63) is 34.9 Å². The predicted octanol–water partition coefficient (Wildman–Crippen LogP) is 4.57. The maximum atomic E-state index is 5.94. The maximum Gasteiger partial charge on any atom is 0.0406 e. The van der Waals surface area contributed by atoms with E-state index < -0.39 is 0 Å². The standard InChI is InChI=1S/C15H22ClN/c1-3-4-15(17-14-9-11(2)10-14)12-5-7-13(16)8-6-12/h5-8,11,14-15,17H,3-4,9-10H2,1-2H3. The summed E-state index contributed by atoms with van der Waals surface area (Å²) in [5.74, 6) is 0.903. The van der Waals surface area contributed by atoms with Gasteiger partial charge in [-0.05, 0) is 42.9 Å². The van der Waals surface area contributed by atoms with Crippen molar-refractivity contribution in [2.75, 3.05) is 0 Å². The fourth-order valence-electron chi connectivity index (χ4n) is 2.65. The van der Waals surface area contributed by atoms with Crippen molar-refractivity contribution in [3.63, 3.8) is 0 Å². The fourth-order valence-corrected chi connectivity index (χ4v) is 2.78. The van der Waals surface area contributed by atoms with Crippen LogP contribution >= 0.6 is 11.6 Å². The Bertz CT molecular complexity index is 340. The molecule has 2 heteroatoms. The van der Waals surface area contributed by atoms with Gasteiger partial charge in [-0.3, -0.25) is 0 Å². The van der Waals surface area contributed by atoms with Crippen LogP contribution in [0.2, 0.25) is 5.02 Å². The van der Waals surface area contributed by atoms with Crippen LogP contribution in [0.25, 0.3) is 0 Å². The normalized spacial score (nSPS) is 25.4. The zero-order valence-electron chi connectivity index (χ0n) is 10.7. The average molecular weight is 252 g/mol. The van der Waals surface area contributed by atoms with Crippen molar-refractivity contribution >= 4 is 11.6 Å². The molecule has 1 aliphatic rings. The van der Waals surface area contributed by atoms with Gasteiger partial charge in [-0.15, -0.1) is 0 Å². The summed E-state index contributed by atoms with van der Waals surface area (Å²) >= 11 is 5.94. The van der Waals surface area contributed by atoms with Gasteiger partial charge in [0, 0.05) is 17.1 Å². The van der Waals surface area contributed by atoms with Crippen molar-refractivity contribution in [2.45, 2.75) is 51.6 Å². The Morgan fingerprint density at radius 2 is 1.94 bits per heavy atom. The van der Waals surface area contributed by atoms with Crippen LogP contribution in [0.3, 0.4) is 0 Å². The molecule has 0 spiro atoms. The molecule has 1 atom stereocenters. The van der Waals surface area contributed by atoms with Gasteiger partial charge in [-0.2, -0.15) is 0 Å². The second-order valence-electron chi connectivity index (χ2n) is 5.33. The van der Waals surface area contributed by atoms with Gasteiger partial charge in [0.15, 0.2) is 0 Å². The lowest BCUT2D eigenvalue weighted by atomic mass is 9.81. The molecule has 0 radical (unpaired) electrons. The Morgan fingerprint density at radius 1 is 1.29 bits per heavy atom. The molecule has 1 fully saturated rings. The van der Waals surface area contributed by atoms with Gasteiger partial charge < -0.3 is 5.32 Å². The molecule has 17 heavy (non-hydrogen) atoms. The van der Waals surface area contributed by atoms with Crippen LogP contribution in [0.5, 0.6) is 0 Å². The minimum absolute atomic E-state index is 0.495. The van der Waals surface area contributed by atoms with Crippen LogP contribution in [0.15, 0.2) is 24.3 Å². The number of hydrogen-bond acceptors (Lipinski definition) is 1. The molecule has 1 aromatic carbocycles. The SMILES string of the molecule is CCCC(NC1CC(C)C1)c1ccc(Cl)cc1. The average Bonchev–Trinajstić information content (AvgIpc) is 2.27. The Kier molecular flexibility index (Phi) is 4.47. The van der Waals surface area contributed by atoms with E-state index in [0.29, 0.717) is 6.04 Å². The molecular formula is C15H22ClN. The highest BCUT2D eigenvalue weighted by Crippen LogP contribution is 2.30. The monoisotopic (exact) mass is 251 g/mol. The van der Waals surface area contributed by atoms with Crippen molar-refractivity contribution in [2.24, 2.45) is 5.92 Å². The number of halogens is 1. The predicted molar refractivity (Wildman–Crippen MR) is 74.4 cm³/mol. The zero-order valence-corrected chi connectivity index (χ0v) is 11.5. The first kappa shape index (κ1) is 12.9. The highest BCUT2D eigenvalue weighted by Gasteiger charge is 2.27. The zero-order chi connectivity index (χ0) is 12.3. The largest absolute Gasteiger partial charge is 0.307 e. The lowest BCUT2D eigenvalue weighted by Gasteiger charge is -2.36. The molecule has 0 saturated heterocycles. The van der Waals surface area contributed by atoms with E-state index in [-0.39, 0.29) is 0 Å². The van der Waals surface area contributed by atoms with E-state index in [4.69, 9.17) is 11.6 Å². The third kappa shape index (κ3) is 3.46. The van der Waals surface area contributed by atoms with E-state index >= 15 is 0 Å². The molecule has 1 unspecified atom stereocenters. The van der Waals surface area contributed by atoms with Gasteiger partial charge in [0.25, 0.3) is 0 Å². The van der Waals surface area contributed by atoms with E-state index in [1.807, 2.05) is 12.1 Å². The third-order valence-corrected chi connectivity index (χ3v) is 3.91. The van der Waals surface area contributed by atoms with Crippen LogP contribution in [-0.4, -0.2) is 6.04 Å². The van der Waals surface area contributed by atoms with Crippen LogP contribution in [0.1, 0.15) is 51.1 Å². The number of benzene rings is 1. The molecule has 1 nitrogen and oxygen atoms in total. The molecule has 1 saturated carbocycles. The van der Waals surface area contributed by atoms with Crippen molar-refractivity contribution in [3.8, 4) is 0 Å². The lowest BCUT2D eigenvalue weighted by Crippen LogP contribution is -2.42. The molecular weight excluding hydrogens is 230 g/mol. The first-order valence-electron chi connectivity index (χ1n) is 6.70. The number of rotatable bonds is 5. The van der Waals surface area contributed by atoms with E-state index in [2.05, 4.69) is 31.3 Å². The molecule has 94 valence electrons. The maximum absolute atomic E-state index is 5.94. The molecule has 0 aliphatic heterocycles. The van der Waals surface area contributed by atoms with Crippen molar-refractivity contribution in [1.82, 2.24) is 5.32 Å². The van der Waals surface area contributed by atoms with Gasteiger partial charge in [0.2, 0.25) is 0 Å². The van der Waals surface area contributed by atoms with Crippen LogP contribution in [0.4, 0.5) is 0 Å². The van der Waals surface area contributed by atoms with Gasteiger partial charge >= 0.3 is 0 Å². The minimum Gasteiger partial charge on any atom is -0.307 e. The molecule has 2 rings (SSSR count). The quantitative estimate of drug-likeness (QED) is 0.808. The smallest absolute Gasteiger partial charge is 0.0406 e. The topological polar surface area (TPSA) is 12.0 Å². The van der Waals surface area contributed by atoms with E-state index in [9.17, 15) is 0 Å². The summed E-state index contributed by atoms with van der Waals surface area (Å²) in [6.07, 6.45) is 5.07. The summed E-state index contributed by atoms with van der Waals surface area (Å²) in [5, 5.41) is 4.60. The van der Waals surface area contributed by atoms with E-state index in [1.54, 1.807) is 0 Å². The molecule has 0 aromatic heterocycles. The molecule has 0 amide bonds. The molecule has 1 aromatic rings. The summed E-state index contributed by atoms with van der Waals surface area (Å²) in [6, 6.07) is 9.50. The Morgan fingerprint density at radius 3 is 2.47 bits per heavy atom. The van der Waals surface area contributed by atoms with Crippen LogP contribution < -0.4 is 5.32 Å². The van der Waals surface area contributed by atoms with E-state index in [0.717, 1.165) is 17.0 Å². The molecule has 1 aliphatic carbocycles. The Labute approximate surface area is 110 Å². The Balaban J connectivity index is 1.98. The highest BCUT2D eigenvalue weighted by molar-refractivity contribution is 6.30. The van der Waals surface area contributed by atoms with E-state index in [1.165, 1.54) is 31.2 Å². The molecule has 1 N–H and O–H groups in total. The second-order valence-corrected chi connectivity index (χ2v) is 5.77. The summed E-state index contributed by atoms with van der Waals surface area (Å²) in [4.78, 5) is 0. The van der Waals surface area contributed by atoms with Gasteiger partial charge in [-0.25, -0.2) is 0 Å². The minimum atomic E-state index is 0.495. The first-order valence-corrected chi connectivity index (χ1v) is 7.08. The number of nitrogens with one attached hydrogen (secondary N) is 1. The number of hydrogen-bond donors (Lipinski definition) is 1. The summed E-state index contributed by atoms with van der Waals surface area (Å²) < 4.78 is 0. The lowest BCUT2D eigenvalue weighted by molar-refractivity contribution is 0.218. The fraction of sp³-hybridized carbons (Fsp3) is 0.600. The van der Waals surface area contributed by atoms with Crippen LogP contribution in [-0.2, 0) is 0 Å². The van der Waals surface area contributed by atoms with Gasteiger partial charge in [0.1, 0.15) is 0 Å². The van der Waals surface area contributed by atoms with Gasteiger partial charge in [0.05, 0.1) is 0 Å². The molecule has 0 heterocycles. The van der Waals surface area contributed by atoms with Crippen molar-refractivity contribution < 1.29 is 0 Å². The summed E-state index contributed by atoms with van der Waals surface area (Å²) in [5.41, 5.74) is 1.37. The second kappa shape index (κ2) is 5.88. The van der Waals surface area contributed by atoms with Gasteiger partial charge in [-0.1, -0.05) is 44.0 Å². The van der Waals surface area contributed by atoms with Crippen molar-refractivity contribution in [1.29, 1.82) is 0 Å². The Hall–Kier alpha value is -0.530. The third-order valence-electron chi connectivity index (χ3n) is 3.66. The molecule has 0 bridgehead atoms.